The van der Waals surface area contributed by atoms with E-state index in [2.05, 4.69) is 40.9 Å². The fourth-order valence-corrected chi connectivity index (χ4v) is 4.10. The number of benzene rings is 2. The molecular weight excluding hydrogens is 538 g/mol. The number of carbonyl (C=O) groups excluding carboxylic acids is 1. The van der Waals surface area contributed by atoms with Crippen LogP contribution in [0.25, 0.3) is 11.4 Å². The molecule has 4 rings (SSSR count). The van der Waals surface area contributed by atoms with Crippen LogP contribution in [0.15, 0.2) is 66.9 Å². The molecule has 0 aliphatic heterocycles. The second kappa shape index (κ2) is 13.8. The van der Waals surface area contributed by atoms with E-state index < -0.39 is 18.0 Å². The average molecular weight is 572 g/mol. The van der Waals surface area contributed by atoms with Crippen molar-refractivity contribution in [1.82, 2.24) is 35.6 Å². The third-order valence-electron chi connectivity index (χ3n) is 6.21. The monoisotopic (exact) mass is 571 g/mol. The van der Waals surface area contributed by atoms with Crippen LogP contribution < -0.4 is 25.6 Å². The van der Waals surface area contributed by atoms with Crippen LogP contribution in [-0.4, -0.2) is 68.3 Å². The van der Waals surface area contributed by atoms with Gasteiger partial charge in [-0.05, 0) is 37.5 Å². The Morgan fingerprint density at radius 1 is 0.976 bits per heavy atom. The highest BCUT2D eigenvalue weighted by atomic mass is 16.5. The van der Waals surface area contributed by atoms with Crippen LogP contribution in [0.2, 0.25) is 0 Å². The number of rotatable bonds is 12. The van der Waals surface area contributed by atoms with E-state index in [1.165, 1.54) is 14.0 Å². The average Bonchev–Trinajstić information content (AvgIpc) is 2.99. The highest BCUT2D eigenvalue weighted by molar-refractivity contribution is 5.84. The Morgan fingerprint density at radius 2 is 1.74 bits per heavy atom. The van der Waals surface area contributed by atoms with Crippen molar-refractivity contribution < 1.29 is 19.4 Å². The maximum absolute atomic E-state index is 12.1. The molecule has 0 fully saturated rings. The first-order chi connectivity index (χ1) is 20.2. The van der Waals surface area contributed by atoms with Crippen LogP contribution >= 0.6 is 0 Å². The van der Waals surface area contributed by atoms with E-state index in [-0.39, 0.29) is 18.6 Å². The molecule has 4 N–H and O–H groups in total. The van der Waals surface area contributed by atoms with Gasteiger partial charge < -0.3 is 25.8 Å². The van der Waals surface area contributed by atoms with Crippen molar-refractivity contribution in [3.05, 3.63) is 78.0 Å². The van der Waals surface area contributed by atoms with Gasteiger partial charge in [0.25, 0.3) is 0 Å². The van der Waals surface area contributed by atoms with Gasteiger partial charge in [0, 0.05) is 31.4 Å². The molecule has 0 bridgehead atoms. The van der Waals surface area contributed by atoms with Crippen LogP contribution in [0.3, 0.4) is 0 Å². The summed E-state index contributed by atoms with van der Waals surface area (Å²) in [4.78, 5) is 47.0. The molecule has 4 aromatic rings. The third kappa shape index (κ3) is 8.10. The minimum absolute atomic E-state index is 0.0165. The van der Waals surface area contributed by atoms with E-state index in [0.29, 0.717) is 30.0 Å². The van der Waals surface area contributed by atoms with Crippen molar-refractivity contribution in [3.63, 3.8) is 0 Å². The minimum atomic E-state index is -1.24. The number of methoxy groups -OCH3 is 1. The molecule has 0 saturated heterocycles. The number of hydrogen-bond acceptors (Lipinski definition) is 10. The molecule has 0 aliphatic rings. The fourth-order valence-electron chi connectivity index (χ4n) is 4.10. The molecular formula is C29H33N9O4. The summed E-state index contributed by atoms with van der Waals surface area (Å²) >= 11 is 0. The molecule has 2 aromatic heterocycles. The lowest BCUT2D eigenvalue weighted by Crippen LogP contribution is -2.44. The van der Waals surface area contributed by atoms with Crippen LogP contribution in [-0.2, 0) is 17.8 Å². The number of anilines is 3. The second-order valence-corrected chi connectivity index (χ2v) is 9.57. The van der Waals surface area contributed by atoms with E-state index in [0.717, 1.165) is 16.7 Å². The Hall–Kier alpha value is -5.33. The lowest BCUT2D eigenvalue weighted by Gasteiger charge is -2.19. The zero-order valence-electron chi connectivity index (χ0n) is 23.8. The molecule has 13 nitrogen and oxygen atoms in total. The van der Waals surface area contributed by atoms with Gasteiger partial charge in [0.2, 0.25) is 17.8 Å². The molecule has 218 valence electrons. The van der Waals surface area contributed by atoms with E-state index in [1.807, 2.05) is 68.6 Å². The van der Waals surface area contributed by atoms with Gasteiger partial charge in [-0.15, -0.1) is 0 Å². The highest BCUT2D eigenvalue weighted by Gasteiger charge is 2.17. The van der Waals surface area contributed by atoms with Crippen LogP contribution in [0, 0.1) is 0 Å². The summed E-state index contributed by atoms with van der Waals surface area (Å²) in [5.74, 6) is 1.48. The zero-order valence-corrected chi connectivity index (χ0v) is 23.8. The first-order valence-corrected chi connectivity index (χ1v) is 13.3. The van der Waals surface area contributed by atoms with E-state index in [4.69, 9.17) is 9.84 Å². The first kappa shape index (κ1) is 29.6. The molecule has 0 saturated carbocycles. The summed E-state index contributed by atoms with van der Waals surface area (Å²) in [5, 5.41) is 17.0. The van der Waals surface area contributed by atoms with Gasteiger partial charge >= 0.3 is 12.1 Å². The number of nitrogens with zero attached hydrogens (tertiary/aromatic N) is 6. The maximum atomic E-state index is 12.1. The number of amides is 2. The van der Waals surface area contributed by atoms with E-state index in [9.17, 15) is 9.59 Å². The summed E-state index contributed by atoms with van der Waals surface area (Å²) in [6, 6.07) is 18.5. The first-order valence-electron chi connectivity index (χ1n) is 13.3. The maximum Gasteiger partial charge on any atom is 0.405 e. The SMILES string of the molecule is COc1nc(-c2ccccc2)nc(N(C)c2ccnc(N[C@@H](C)Cc3cccc(CNC(=O)[C@H](C)NC(=O)O)c3)n2)n1. The molecule has 2 amide bonds. The van der Waals surface area contributed by atoms with E-state index in [1.54, 1.807) is 17.2 Å². The van der Waals surface area contributed by atoms with Crippen molar-refractivity contribution in [1.29, 1.82) is 0 Å². The van der Waals surface area contributed by atoms with Crippen molar-refractivity contribution in [3.8, 4) is 17.4 Å². The van der Waals surface area contributed by atoms with Crippen LogP contribution in [0.4, 0.5) is 22.5 Å². The Balaban J connectivity index is 1.40. The van der Waals surface area contributed by atoms with Gasteiger partial charge in [-0.3, -0.25) is 9.69 Å². The van der Waals surface area contributed by atoms with Gasteiger partial charge in [-0.25, -0.2) is 9.78 Å². The fraction of sp³-hybridized carbons (Fsp3) is 0.276. The Bertz CT molecular complexity index is 1520. The lowest BCUT2D eigenvalue weighted by molar-refractivity contribution is -0.122. The number of ether oxygens (including phenoxy) is 1. The van der Waals surface area contributed by atoms with Gasteiger partial charge in [-0.2, -0.15) is 19.9 Å². The number of hydrogen-bond donors (Lipinski definition) is 4. The summed E-state index contributed by atoms with van der Waals surface area (Å²) in [5.41, 5.74) is 2.79. The topological polar surface area (TPSA) is 167 Å². The minimum Gasteiger partial charge on any atom is -0.467 e. The number of carboxylic acid groups (broad SMARTS) is 1. The quantitative estimate of drug-likeness (QED) is 0.197. The predicted molar refractivity (Wildman–Crippen MR) is 158 cm³/mol. The molecule has 0 spiro atoms. The van der Waals surface area contributed by atoms with Gasteiger partial charge in [0.1, 0.15) is 11.9 Å². The summed E-state index contributed by atoms with van der Waals surface area (Å²) in [7, 11) is 3.32. The number of aromatic nitrogens is 5. The van der Waals surface area contributed by atoms with E-state index >= 15 is 0 Å². The lowest BCUT2D eigenvalue weighted by atomic mass is 10.0. The van der Waals surface area contributed by atoms with Crippen molar-refractivity contribution >= 4 is 29.7 Å². The van der Waals surface area contributed by atoms with Crippen LogP contribution in [0.5, 0.6) is 6.01 Å². The summed E-state index contributed by atoms with van der Waals surface area (Å²) < 4.78 is 5.32. The standard InChI is InChI=1S/C29H33N9O4/c1-18(15-20-9-8-10-21(16-20)17-31-25(39)19(2)33-29(40)41)32-26-30-14-13-23(34-26)38(3)27-35-24(36-28(37-27)42-4)22-11-6-5-7-12-22/h5-14,16,18-19,33H,15,17H2,1-4H3,(H,31,39)(H,40,41)(H,30,32,34)/t18-,19-/m0/s1. The van der Waals surface area contributed by atoms with Gasteiger partial charge in [0.15, 0.2) is 5.82 Å². The largest absolute Gasteiger partial charge is 0.467 e. The van der Waals surface area contributed by atoms with Crippen molar-refractivity contribution in [2.24, 2.45) is 0 Å². The molecule has 0 unspecified atom stereocenters. The summed E-state index contributed by atoms with van der Waals surface area (Å²) in [6.07, 6.45) is 1.09. The molecule has 42 heavy (non-hydrogen) atoms. The Morgan fingerprint density at radius 3 is 2.48 bits per heavy atom. The second-order valence-electron chi connectivity index (χ2n) is 9.57. The van der Waals surface area contributed by atoms with Gasteiger partial charge in [0.05, 0.1) is 7.11 Å². The normalized spacial score (nSPS) is 12.1. The Labute approximate surface area is 243 Å². The molecule has 2 aromatic carbocycles. The molecule has 2 heterocycles. The zero-order chi connectivity index (χ0) is 30.1. The molecule has 0 aliphatic carbocycles. The smallest absolute Gasteiger partial charge is 0.405 e. The number of nitrogens with one attached hydrogen (secondary N) is 3. The number of carbonyl (C=O) groups is 2. The summed E-state index contributed by atoms with van der Waals surface area (Å²) in [6.45, 7) is 3.80. The van der Waals surface area contributed by atoms with Crippen molar-refractivity contribution in [2.75, 3.05) is 24.4 Å². The predicted octanol–water partition coefficient (Wildman–Crippen LogP) is 3.42. The Kier molecular flexibility index (Phi) is 9.77. The molecule has 2 atom stereocenters. The highest BCUT2D eigenvalue weighted by Crippen LogP contribution is 2.24. The van der Waals surface area contributed by atoms with Gasteiger partial charge in [-0.1, -0.05) is 54.6 Å². The molecule has 13 heteroatoms. The van der Waals surface area contributed by atoms with Crippen LogP contribution in [0.1, 0.15) is 25.0 Å². The third-order valence-corrected chi connectivity index (χ3v) is 6.21. The molecule has 0 radical (unpaired) electrons. The van der Waals surface area contributed by atoms with Crippen molar-refractivity contribution in [2.45, 2.75) is 38.9 Å².